The van der Waals surface area contributed by atoms with Crippen LogP contribution in [0.5, 0.6) is 0 Å². The summed E-state index contributed by atoms with van der Waals surface area (Å²) in [6.45, 7) is 2.12. The SMILES string of the molecule is CCOC(=O)CSc1nnc(-c2cc(Cl)nc(Cl)c2)n1C. The van der Waals surface area contributed by atoms with E-state index in [0.29, 0.717) is 23.2 Å². The fourth-order valence-electron chi connectivity index (χ4n) is 1.61. The Hall–Kier alpha value is -1.31. The van der Waals surface area contributed by atoms with Crippen molar-refractivity contribution in [1.82, 2.24) is 19.7 Å². The average Bonchev–Trinajstić information content (AvgIpc) is 2.77. The number of nitrogens with zero attached hydrogens (tertiary/aromatic N) is 4. The van der Waals surface area contributed by atoms with Gasteiger partial charge in [0.2, 0.25) is 0 Å². The van der Waals surface area contributed by atoms with Gasteiger partial charge in [-0.05, 0) is 19.1 Å². The van der Waals surface area contributed by atoms with Crippen LogP contribution in [0, 0.1) is 0 Å². The first-order valence-electron chi connectivity index (χ1n) is 6.02. The molecule has 0 amide bonds. The lowest BCUT2D eigenvalue weighted by molar-refractivity contribution is -0.139. The Bertz CT molecular complexity index is 642. The van der Waals surface area contributed by atoms with Gasteiger partial charge in [0.25, 0.3) is 0 Å². The minimum absolute atomic E-state index is 0.178. The van der Waals surface area contributed by atoms with E-state index in [1.54, 1.807) is 30.7 Å². The van der Waals surface area contributed by atoms with Gasteiger partial charge in [-0.25, -0.2) is 4.98 Å². The standard InChI is InChI=1S/C12H12Cl2N4O2S/c1-3-20-10(19)6-21-12-17-16-11(18(12)2)7-4-8(13)15-9(14)5-7/h4-5H,3,6H2,1-2H3. The van der Waals surface area contributed by atoms with Gasteiger partial charge < -0.3 is 9.30 Å². The Balaban J connectivity index is 2.18. The van der Waals surface area contributed by atoms with Gasteiger partial charge in [0.05, 0.1) is 12.4 Å². The summed E-state index contributed by atoms with van der Waals surface area (Å²) in [4.78, 5) is 15.2. The summed E-state index contributed by atoms with van der Waals surface area (Å²) in [5.74, 6) is 0.479. The summed E-state index contributed by atoms with van der Waals surface area (Å²) in [5.41, 5.74) is 0.706. The van der Waals surface area contributed by atoms with E-state index in [0.717, 1.165) is 0 Å². The zero-order chi connectivity index (χ0) is 15.4. The monoisotopic (exact) mass is 346 g/mol. The number of halogens is 2. The van der Waals surface area contributed by atoms with E-state index in [4.69, 9.17) is 27.9 Å². The van der Waals surface area contributed by atoms with Crippen molar-refractivity contribution in [3.05, 3.63) is 22.4 Å². The van der Waals surface area contributed by atoms with Crippen LogP contribution in [0.4, 0.5) is 0 Å². The molecule has 2 rings (SSSR count). The zero-order valence-electron chi connectivity index (χ0n) is 11.3. The number of carbonyl (C=O) groups excluding carboxylic acids is 1. The van der Waals surface area contributed by atoms with E-state index in [-0.39, 0.29) is 22.0 Å². The van der Waals surface area contributed by atoms with Gasteiger partial charge in [0.15, 0.2) is 11.0 Å². The molecule has 0 aliphatic carbocycles. The van der Waals surface area contributed by atoms with Crippen LogP contribution in [0.2, 0.25) is 10.3 Å². The highest BCUT2D eigenvalue weighted by atomic mass is 35.5. The molecule has 0 fully saturated rings. The Morgan fingerprint density at radius 1 is 1.33 bits per heavy atom. The summed E-state index contributed by atoms with van der Waals surface area (Å²) < 4.78 is 6.62. The van der Waals surface area contributed by atoms with Crippen molar-refractivity contribution in [2.45, 2.75) is 12.1 Å². The molecule has 6 nitrogen and oxygen atoms in total. The van der Waals surface area contributed by atoms with Gasteiger partial charge in [-0.15, -0.1) is 10.2 Å². The molecule has 0 atom stereocenters. The summed E-state index contributed by atoms with van der Waals surface area (Å²) in [6, 6.07) is 3.30. The summed E-state index contributed by atoms with van der Waals surface area (Å²) >= 11 is 13.0. The maximum Gasteiger partial charge on any atom is 0.316 e. The first-order chi connectivity index (χ1) is 10.0. The molecule has 2 heterocycles. The highest BCUT2D eigenvalue weighted by Crippen LogP contribution is 2.26. The molecule has 21 heavy (non-hydrogen) atoms. The molecule has 0 saturated heterocycles. The molecule has 0 unspecified atom stereocenters. The minimum atomic E-state index is -0.290. The lowest BCUT2D eigenvalue weighted by Crippen LogP contribution is -2.07. The predicted octanol–water partition coefficient (Wildman–Crippen LogP) is 2.84. The van der Waals surface area contributed by atoms with Crippen molar-refractivity contribution < 1.29 is 9.53 Å². The molecule has 2 aromatic heterocycles. The van der Waals surface area contributed by atoms with Gasteiger partial charge in [0, 0.05) is 12.6 Å². The molecule has 2 aromatic rings. The first-order valence-corrected chi connectivity index (χ1v) is 7.76. The zero-order valence-corrected chi connectivity index (χ0v) is 13.7. The molecule has 0 saturated carbocycles. The van der Waals surface area contributed by atoms with Gasteiger partial charge >= 0.3 is 5.97 Å². The van der Waals surface area contributed by atoms with Crippen molar-refractivity contribution >= 4 is 40.9 Å². The number of rotatable bonds is 5. The quantitative estimate of drug-likeness (QED) is 0.471. The number of thioether (sulfide) groups is 1. The van der Waals surface area contributed by atoms with E-state index < -0.39 is 0 Å². The van der Waals surface area contributed by atoms with Crippen molar-refractivity contribution in [2.24, 2.45) is 7.05 Å². The number of ether oxygens (including phenoxy) is 1. The van der Waals surface area contributed by atoms with Gasteiger partial charge in [-0.3, -0.25) is 4.79 Å². The lowest BCUT2D eigenvalue weighted by atomic mass is 10.2. The van der Waals surface area contributed by atoms with Gasteiger partial charge in [-0.1, -0.05) is 35.0 Å². The highest BCUT2D eigenvalue weighted by molar-refractivity contribution is 7.99. The van der Waals surface area contributed by atoms with Crippen LogP contribution in [-0.2, 0) is 16.6 Å². The lowest BCUT2D eigenvalue weighted by Gasteiger charge is -2.04. The largest absolute Gasteiger partial charge is 0.465 e. The summed E-state index contributed by atoms with van der Waals surface area (Å²) in [7, 11) is 1.80. The van der Waals surface area contributed by atoms with E-state index in [1.165, 1.54) is 11.8 Å². The van der Waals surface area contributed by atoms with Crippen molar-refractivity contribution in [1.29, 1.82) is 0 Å². The number of aromatic nitrogens is 4. The Labute approximate surface area is 135 Å². The van der Waals surface area contributed by atoms with Crippen LogP contribution in [-0.4, -0.2) is 38.1 Å². The maximum atomic E-state index is 11.4. The van der Waals surface area contributed by atoms with Crippen LogP contribution in [0.1, 0.15) is 6.92 Å². The van der Waals surface area contributed by atoms with E-state index in [1.807, 2.05) is 0 Å². The number of hydrogen-bond acceptors (Lipinski definition) is 6. The van der Waals surface area contributed by atoms with Crippen LogP contribution in [0.25, 0.3) is 11.4 Å². The third-order valence-electron chi connectivity index (χ3n) is 2.48. The third-order valence-corrected chi connectivity index (χ3v) is 3.86. The molecule has 0 aliphatic heterocycles. The molecule has 0 N–H and O–H groups in total. The van der Waals surface area contributed by atoms with E-state index in [9.17, 15) is 4.79 Å². The number of hydrogen-bond donors (Lipinski definition) is 0. The molecule has 0 aromatic carbocycles. The fraction of sp³-hybridized carbons (Fsp3) is 0.333. The molecular formula is C12H12Cl2N4O2S. The van der Waals surface area contributed by atoms with Crippen LogP contribution in [0.3, 0.4) is 0 Å². The third kappa shape index (κ3) is 4.09. The topological polar surface area (TPSA) is 69.9 Å². The number of carbonyl (C=O) groups is 1. The number of esters is 1. The van der Waals surface area contributed by atoms with E-state index in [2.05, 4.69) is 15.2 Å². The first kappa shape index (κ1) is 16.1. The fourth-order valence-corrected chi connectivity index (χ4v) is 2.78. The van der Waals surface area contributed by atoms with Gasteiger partial charge in [-0.2, -0.15) is 0 Å². The molecule has 0 aliphatic rings. The molecule has 0 spiro atoms. The molecule has 0 bridgehead atoms. The summed E-state index contributed by atoms with van der Waals surface area (Å²) in [6.07, 6.45) is 0. The van der Waals surface area contributed by atoms with Crippen LogP contribution < -0.4 is 0 Å². The second-order valence-corrected chi connectivity index (χ2v) is 5.68. The van der Waals surface area contributed by atoms with Gasteiger partial charge in [0.1, 0.15) is 10.3 Å². The predicted molar refractivity (Wildman–Crippen MR) is 81.6 cm³/mol. The minimum Gasteiger partial charge on any atom is -0.465 e. The molecule has 0 radical (unpaired) electrons. The van der Waals surface area contributed by atoms with Crippen LogP contribution in [0.15, 0.2) is 17.3 Å². The highest BCUT2D eigenvalue weighted by Gasteiger charge is 2.14. The summed E-state index contributed by atoms with van der Waals surface area (Å²) in [5, 5.41) is 9.29. The molecule has 112 valence electrons. The molecule has 9 heteroatoms. The van der Waals surface area contributed by atoms with Crippen molar-refractivity contribution in [2.75, 3.05) is 12.4 Å². The normalized spacial score (nSPS) is 10.7. The smallest absolute Gasteiger partial charge is 0.316 e. The van der Waals surface area contributed by atoms with Crippen molar-refractivity contribution in [3.63, 3.8) is 0 Å². The average molecular weight is 347 g/mol. The second-order valence-electron chi connectivity index (χ2n) is 3.96. The second kappa shape index (κ2) is 7.11. The van der Waals surface area contributed by atoms with Crippen LogP contribution >= 0.6 is 35.0 Å². The van der Waals surface area contributed by atoms with E-state index >= 15 is 0 Å². The number of pyridine rings is 1. The maximum absolute atomic E-state index is 11.4. The Kier molecular flexibility index (Phi) is 5.44. The molecular weight excluding hydrogens is 335 g/mol. The Morgan fingerprint density at radius 3 is 2.62 bits per heavy atom. The Morgan fingerprint density at radius 2 is 2.00 bits per heavy atom. The van der Waals surface area contributed by atoms with Crippen molar-refractivity contribution in [3.8, 4) is 11.4 Å².